The fraction of sp³-hybridized carbons (Fsp3) is 0.667. The number of hydrogen-bond acceptors (Lipinski definition) is 4. The van der Waals surface area contributed by atoms with Crippen molar-refractivity contribution >= 4 is 43.5 Å². The quantitative estimate of drug-likeness (QED) is 0.567. The van der Waals surface area contributed by atoms with Gasteiger partial charge in [-0.25, -0.2) is 8.42 Å². The highest BCUT2D eigenvalue weighted by molar-refractivity contribution is 9.10. The van der Waals surface area contributed by atoms with Crippen molar-refractivity contribution in [3.8, 4) is 0 Å². The first-order chi connectivity index (χ1) is 15.8. The Balaban J connectivity index is 1.58. The van der Waals surface area contributed by atoms with Crippen LogP contribution in [0.4, 0.5) is 5.69 Å². The van der Waals surface area contributed by atoms with Gasteiger partial charge in [0.25, 0.3) is 0 Å². The standard InChI is InChI=1S/C24H34BrN3O4S/c1-3-19-9-5-6-12-27(19)24(30)18-8-7-11-26(16-18)33(31,32)22-15-21-17(14-20(22)25)10-13-28(21)23(29)4-2/h14-15,18-19H,3-13,16H2,1-2H3/t18-,19-/m0/s1. The monoisotopic (exact) mass is 539 g/mol. The first-order valence-corrected chi connectivity index (χ1v) is 14.4. The summed E-state index contributed by atoms with van der Waals surface area (Å²) in [5.41, 5.74) is 1.66. The lowest BCUT2D eigenvalue weighted by Gasteiger charge is -2.40. The summed E-state index contributed by atoms with van der Waals surface area (Å²) in [7, 11) is -3.81. The molecular weight excluding hydrogens is 506 g/mol. The van der Waals surface area contributed by atoms with Crippen LogP contribution in [0.25, 0.3) is 0 Å². The number of amides is 2. The summed E-state index contributed by atoms with van der Waals surface area (Å²) in [6, 6.07) is 3.74. The number of fused-ring (bicyclic) bond motifs is 1. The topological polar surface area (TPSA) is 78.0 Å². The Morgan fingerprint density at radius 1 is 1.06 bits per heavy atom. The van der Waals surface area contributed by atoms with Crippen LogP contribution < -0.4 is 4.90 Å². The molecule has 0 N–H and O–H groups in total. The zero-order chi connectivity index (χ0) is 23.8. The zero-order valence-corrected chi connectivity index (χ0v) is 22.0. The molecule has 3 heterocycles. The van der Waals surface area contributed by atoms with E-state index in [2.05, 4.69) is 22.9 Å². The second-order valence-electron chi connectivity index (χ2n) is 9.35. The van der Waals surface area contributed by atoms with Gasteiger partial charge in [0, 0.05) is 48.8 Å². The summed E-state index contributed by atoms with van der Waals surface area (Å²) in [5, 5.41) is 0. The number of likely N-dealkylation sites (tertiary alicyclic amines) is 1. The zero-order valence-electron chi connectivity index (χ0n) is 19.6. The Hall–Kier alpha value is -1.45. The van der Waals surface area contributed by atoms with Crippen molar-refractivity contribution in [2.45, 2.75) is 76.2 Å². The molecule has 0 saturated carbocycles. The smallest absolute Gasteiger partial charge is 0.244 e. The Morgan fingerprint density at radius 3 is 2.58 bits per heavy atom. The van der Waals surface area contributed by atoms with E-state index in [0.29, 0.717) is 42.5 Å². The molecule has 3 aliphatic heterocycles. The van der Waals surface area contributed by atoms with Gasteiger partial charge >= 0.3 is 0 Å². The van der Waals surface area contributed by atoms with Gasteiger partial charge in [-0.1, -0.05) is 13.8 Å². The number of anilines is 1. The molecule has 4 rings (SSSR count). The van der Waals surface area contributed by atoms with Crippen LogP contribution in [0.3, 0.4) is 0 Å². The average molecular weight is 541 g/mol. The second-order valence-corrected chi connectivity index (χ2v) is 12.1. The lowest BCUT2D eigenvalue weighted by Crippen LogP contribution is -2.50. The summed E-state index contributed by atoms with van der Waals surface area (Å²) in [4.78, 5) is 29.6. The molecule has 0 spiro atoms. The Labute approximate surface area is 205 Å². The van der Waals surface area contributed by atoms with Crippen molar-refractivity contribution < 1.29 is 18.0 Å². The van der Waals surface area contributed by atoms with Crippen LogP contribution in [0.5, 0.6) is 0 Å². The van der Waals surface area contributed by atoms with E-state index in [4.69, 9.17) is 0 Å². The SMILES string of the molecule is CCC(=O)N1CCc2cc(Br)c(S(=O)(=O)N3CCC[C@H](C(=O)N4CCCC[C@@H]4CC)C3)cc21. The Morgan fingerprint density at radius 2 is 1.85 bits per heavy atom. The summed E-state index contributed by atoms with van der Waals surface area (Å²) in [6.45, 7) is 5.91. The maximum atomic E-state index is 13.7. The van der Waals surface area contributed by atoms with Crippen LogP contribution in [-0.2, 0) is 26.0 Å². The lowest BCUT2D eigenvalue weighted by atomic mass is 9.93. The third-order valence-electron chi connectivity index (χ3n) is 7.36. The largest absolute Gasteiger partial charge is 0.339 e. The number of carbonyl (C=O) groups is 2. The number of nitrogens with zero attached hydrogens (tertiary/aromatic N) is 3. The average Bonchev–Trinajstić information content (AvgIpc) is 3.25. The molecular formula is C24H34BrN3O4S. The summed E-state index contributed by atoms with van der Waals surface area (Å²) in [6.07, 6.45) is 6.63. The summed E-state index contributed by atoms with van der Waals surface area (Å²) < 4.78 is 29.4. The molecule has 182 valence electrons. The third-order valence-corrected chi connectivity index (χ3v) is 10.2. The van der Waals surface area contributed by atoms with Gasteiger partial charge < -0.3 is 9.80 Å². The summed E-state index contributed by atoms with van der Waals surface area (Å²) in [5.74, 6) is -0.198. The fourth-order valence-corrected chi connectivity index (χ4v) is 8.08. The van der Waals surface area contributed by atoms with Crippen LogP contribution in [0.1, 0.15) is 64.4 Å². The van der Waals surface area contributed by atoms with Crippen LogP contribution in [-0.4, -0.2) is 61.7 Å². The Kier molecular flexibility index (Phi) is 7.50. The number of benzene rings is 1. The van der Waals surface area contributed by atoms with Crippen molar-refractivity contribution in [2.75, 3.05) is 31.1 Å². The molecule has 2 amide bonds. The third kappa shape index (κ3) is 4.73. The van der Waals surface area contributed by atoms with Gasteiger partial charge in [0.2, 0.25) is 21.8 Å². The number of halogens is 1. The Bertz CT molecular complexity index is 1030. The van der Waals surface area contributed by atoms with Gasteiger partial charge in [0.15, 0.2) is 0 Å². The number of rotatable bonds is 5. The molecule has 7 nitrogen and oxygen atoms in total. The molecule has 33 heavy (non-hydrogen) atoms. The highest BCUT2D eigenvalue weighted by atomic mass is 79.9. The number of hydrogen-bond donors (Lipinski definition) is 0. The van der Waals surface area contributed by atoms with Crippen LogP contribution in [0.15, 0.2) is 21.5 Å². The van der Waals surface area contributed by atoms with Gasteiger partial charge in [0.1, 0.15) is 0 Å². The van der Waals surface area contributed by atoms with Crippen LogP contribution in [0.2, 0.25) is 0 Å². The molecule has 3 aliphatic rings. The lowest BCUT2D eigenvalue weighted by molar-refractivity contribution is -0.140. The van der Waals surface area contributed by atoms with E-state index < -0.39 is 10.0 Å². The minimum Gasteiger partial charge on any atom is -0.339 e. The van der Waals surface area contributed by atoms with Gasteiger partial charge in [-0.05, 0) is 78.6 Å². The van der Waals surface area contributed by atoms with E-state index in [0.717, 1.165) is 44.2 Å². The van der Waals surface area contributed by atoms with Crippen molar-refractivity contribution in [1.82, 2.24) is 9.21 Å². The van der Waals surface area contributed by atoms with Gasteiger partial charge in [0.05, 0.1) is 10.8 Å². The van der Waals surface area contributed by atoms with Crippen molar-refractivity contribution in [3.63, 3.8) is 0 Å². The first-order valence-electron chi connectivity index (χ1n) is 12.2. The van der Waals surface area contributed by atoms with Crippen LogP contribution >= 0.6 is 15.9 Å². The number of carbonyl (C=O) groups excluding carboxylic acids is 2. The molecule has 9 heteroatoms. The van der Waals surface area contributed by atoms with Gasteiger partial charge in [-0.2, -0.15) is 4.31 Å². The predicted molar refractivity (Wildman–Crippen MR) is 132 cm³/mol. The van der Waals surface area contributed by atoms with Crippen LogP contribution in [0, 0.1) is 5.92 Å². The fourth-order valence-electron chi connectivity index (χ4n) is 5.49. The first kappa shape index (κ1) is 24.7. The number of sulfonamides is 1. The molecule has 2 atom stereocenters. The van der Waals surface area contributed by atoms with Crippen molar-refractivity contribution in [3.05, 3.63) is 22.2 Å². The second kappa shape index (κ2) is 10.0. The molecule has 0 radical (unpaired) electrons. The highest BCUT2D eigenvalue weighted by Gasteiger charge is 2.38. The van der Waals surface area contributed by atoms with E-state index in [9.17, 15) is 18.0 Å². The molecule has 2 fully saturated rings. The van der Waals surface area contributed by atoms with Crippen molar-refractivity contribution in [1.29, 1.82) is 0 Å². The minimum absolute atomic E-state index is 0.00457. The maximum Gasteiger partial charge on any atom is 0.244 e. The van der Waals surface area contributed by atoms with Gasteiger partial charge in [-0.3, -0.25) is 9.59 Å². The number of piperidine rings is 2. The highest BCUT2D eigenvalue weighted by Crippen LogP contribution is 2.38. The molecule has 0 unspecified atom stereocenters. The molecule has 0 aromatic heterocycles. The molecule has 1 aromatic rings. The van der Waals surface area contributed by atoms with Gasteiger partial charge in [-0.15, -0.1) is 0 Å². The minimum atomic E-state index is -3.81. The molecule has 0 bridgehead atoms. The van der Waals surface area contributed by atoms with E-state index in [1.807, 2.05) is 17.9 Å². The van der Waals surface area contributed by atoms with E-state index in [1.165, 1.54) is 4.31 Å². The molecule has 0 aliphatic carbocycles. The van der Waals surface area contributed by atoms with E-state index in [1.54, 1.807) is 11.0 Å². The molecule has 2 saturated heterocycles. The van der Waals surface area contributed by atoms with E-state index >= 15 is 0 Å². The maximum absolute atomic E-state index is 13.7. The summed E-state index contributed by atoms with van der Waals surface area (Å²) >= 11 is 3.47. The van der Waals surface area contributed by atoms with Crippen molar-refractivity contribution in [2.24, 2.45) is 5.92 Å². The predicted octanol–water partition coefficient (Wildman–Crippen LogP) is 3.94. The normalized spacial score (nSPS) is 24.1. The molecule has 1 aromatic carbocycles. The van der Waals surface area contributed by atoms with E-state index in [-0.39, 0.29) is 35.2 Å².